The second-order valence-corrected chi connectivity index (χ2v) is 6.42. The Morgan fingerprint density at radius 3 is 3.00 bits per heavy atom. The molecule has 7 nitrogen and oxygen atoms in total. The van der Waals surface area contributed by atoms with E-state index < -0.39 is 5.60 Å². The highest BCUT2D eigenvalue weighted by Crippen LogP contribution is 2.34. The van der Waals surface area contributed by atoms with E-state index in [1.54, 1.807) is 23.3 Å². The summed E-state index contributed by atoms with van der Waals surface area (Å²) >= 11 is 0. The van der Waals surface area contributed by atoms with Crippen molar-refractivity contribution in [2.24, 2.45) is 11.1 Å². The van der Waals surface area contributed by atoms with Crippen molar-refractivity contribution in [3.8, 4) is 0 Å². The molecule has 0 saturated carbocycles. The number of furan rings is 1. The molecule has 1 spiro atoms. The third-order valence-electron chi connectivity index (χ3n) is 4.23. The zero-order valence-electron chi connectivity index (χ0n) is 13.4. The number of carbonyl (C=O) groups excluding carboxylic acids is 2. The number of hydrogen-bond acceptors (Lipinski definition) is 5. The Balaban J connectivity index is 1.53. The summed E-state index contributed by atoms with van der Waals surface area (Å²) in [5, 5.41) is 6.71. The number of likely N-dealkylation sites (tertiary alicyclic amines) is 1. The van der Waals surface area contributed by atoms with E-state index >= 15 is 0 Å². The number of nitrogens with zero attached hydrogens (tertiary/aromatic N) is 2. The standard InChI is InChI=1S/C16H21N3O4/c1-11(2)15(21)19-6-5-16(10-19)8-13(18-23-16)14(20)17-9-12-4-3-7-22-12/h3-4,7,11H,5-6,8-10H2,1-2H3,(H,17,20)/t16-/m0/s1. The average molecular weight is 319 g/mol. The topological polar surface area (TPSA) is 84.1 Å². The lowest BCUT2D eigenvalue weighted by Crippen LogP contribution is -2.39. The second kappa shape index (κ2) is 6.06. The smallest absolute Gasteiger partial charge is 0.269 e. The van der Waals surface area contributed by atoms with E-state index in [4.69, 9.17) is 9.25 Å². The Bertz CT molecular complexity index is 623. The molecule has 0 aliphatic carbocycles. The van der Waals surface area contributed by atoms with E-state index in [0.717, 1.165) is 0 Å². The molecule has 0 bridgehead atoms. The van der Waals surface area contributed by atoms with Crippen molar-refractivity contribution in [2.75, 3.05) is 13.1 Å². The molecular formula is C16H21N3O4. The van der Waals surface area contributed by atoms with Crippen LogP contribution in [-0.2, 0) is 21.0 Å². The van der Waals surface area contributed by atoms with Crippen molar-refractivity contribution in [3.63, 3.8) is 0 Å². The SMILES string of the molecule is CC(C)C(=O)N1CC[C@]2(CC(C(=O)NCc3ccco3)=NO2)C1. The van der Waals surface area contributed by atoms with Crippen molar-refractivity contribution < 1.29 is 18.8 Å². The van der Waals surface area contributed by atoms with Crippen LogP contribution in [-0.4, -0.2) is 41.1 Å². The van der Waals surface area contributed by atoms with Gasteiger partial charge in [-0.15, -0.1) is 0 Å². The molecule has 1 aromatic rings. The third kappa shape index (κ3) is 3.23. The quantitative estimate of drug-likeness (QED) is 0.906. The van der Waals surface area contributed by atoms with Gasteiger partial charge in [-0.05, 0) is 12.1 Å². The van der Waals surface area contributed by atoms with E-state index in [1.165, 1.54) is 0 Å². The first-order valence-corrected chi connectivity index (χ1v) is 7.83. The van der Waals surface area contributed by atoms with Crippen LogP contribution in [0.2, 0.25) is 0 Å². The van der Waals surface area contributed by atoms with Crippen molar-refractivity contribution >= 4 is 17.5 Å². The van der Waals surface area contributed by atoms with E-state index in [0.29, 0.717) is 43.9 Å². The molecule has 7 heteroatoms. The first-order chi connectivity index (χ1) is 11.0. The number of carbonyl (C=O) groups is 2. The number of hydrogen-bond donors (Lipinski definition) is 1. The zero-order valence-corrected chi connectivity index (χ0v) is 13.4. The largest absolute Gasteiger partial charge is 0.467 e. The molecule has 1 atom stereocenters. The summed E-state index contributed by atoms with van der Waals surface area (Å²) in [7, 11) is 0. The van der Waals surface area contributed by atoms with Gasteiger partial charge in [-0.3, -0.25) is 9.59 Å². The van der Waals surface area contributed by atoms with Crippen LogP contribution >= 0.6 is 0 Å². The molecule has 124 valence electrons. The highest BCUT2D eigenvalue weighted by Gasteiger charge is 2.48. The van der Waals surface area contributed by atoms with Crippen LogP contribution < -0.4 is 5.32 Å². The van der Waals surface area contributed by atoms with Crippen molar-refractivity contribution in [2.45, 2.75) is 38.8 Å². The highest BCUT2D eigenvalue weighted by atomic mass is 16.7. The molecule has 2 aliphatic rings. The molecule has 1 aromatic heterocycles. The molecule has 1 saturated heterocycles. The van der Waals surface area contributed by atoms with Crippen molar-refractivity contribution in [1.29, 1.82) is 0 Å². The van der Waals surface area contributed by atoms with Gasteiger partial charge in [0.2, 0.25) is 5.91 Å². The van der Waals surface area contributed by atoms with Gasteiger partial charge in [0.05, 0.1) is 19.4 Å². The minimum Gasteiger partial charge on any atom is -0.467 e. The van der Waals surface area contributed by atoms with E-state index in [9.17, 15) is 9.59 Å². The summed E-state index contributed by atoms with van der Waals surface area (Å²) in [6, 6.07) is 3.56. The van der Waals surface area contributed by atoms with Crippen LogP contribution in [0.3, 0.4) is 0 Å². The molecule has 0 radical (unpaired) electrons. The Kier molecular flexibility index (Phi) is 4.11. The van der Waals surface area contributed by atoms with Crippen LogP contribution in [0.4, 0.5) is 0 Å². The third-order valence-corrected chi connectivity index (χ3v) is 4.23. The van der Waals surface area contributed by atoms with Crippen molar-refractivity contribution in [1.82, 2.24) is 10.2 Å². The number of oxime groups is 1. The monoisotopic (exact) mass is 319 g/mol. The summed E-state index contributed by atoms with van der Waals surface area (Å²) < 4.78 is 5.17. The Morgan fingerprint density at radius 1 is 1.48 bits per heavy atom. The van der Waals surface area contributed by atoms with Crippen LogP contribution in [0.1, 0.15) is 32.4 Å². The fraction of sp³-hybridized carbons (Fsp3) is 0.562. The molecule has 2 aliphatic heterocycles. The summed E-state index contributed by atoms with van der Waals surface area (Å²) in [4.78, 5) is 31.6. The van der Waals surface area contributed by atoms with Crippen LogP contribution in [0.5, 0.6) is 0 Å². The first-order valence-electron chi connectivity index (χ1n) is 7.83. The molecule has 1 N–H and O–H groups in total. The van der Waals surface area contributed by atoms with E-state index in [1.807, 2.05) is 13.8 Å². The first kappa shape index (κ1) is 15.6. The predicted molar refractivity (Wildman–Crippen MR) is 82.5 cm³/mol. The van der Waals surface area contributed by atoms with Crippen LogP contribution in [0.15, 0.2) is 28.0 Å². The molecule has 3 heterocycles. The lowest BCUT2D eigenvalue weighted by molar-refractivity contribution is -0.134. The van der Waals surface area contributed by atoms with Gasteiger partial charge < -0.3 is 19.5 Å². The Labute approximate surface area is 134 Å². The second-order valence-electron chi connectivity index (χ2n) is 6.42. The number of rotatable bonds is 4. The summed E-state index contributed by atoms with van der Waals surface area (Å²) in [5.74, 6) is 0.499. The van der Waals surface area contributed by atoms with E-state index in [-0.39, 0.29) is 17.7 Å². The number of nitrogens with one attached hydrogen (secondary N) is 1. The van der Waals surface area contributed by atoms with Gasteiger partial charge in [0.25, 0.3) is 5.91 Å². The Hall–Kier alpha value is -2.31. The van der Waals surface area contributed by atoms with Gasteiger partial charge in [0, 0.05) is 25.3 Å². The zero-order chi connectivity index (χ0) is 16.4. The van der Waals surface area contributed by atoms with Gasteiger partial charge in [-0.25, -0.2) is 0 Å². The minimum atomic E-state index is -0.540. The van der Waals surface area contributed by atoms with E-state index in [2.05, 4.69) is 10.5 Å². The summed E-state index contributed by atoms with van der Waals surface area (Å²) in [5.41, 5.74) is -0.169. The van der Waals surface area contributed by atoms with Gasteiger partial charge in [-0.2, -0.15) is 0 Å². The minimum absolute atomic E-state index is 0.0384. The lowest BCUT2D eigenvalue weighted by Gasteiger charge is -2.22. The number of amides is 2. The van der Waals surface area contributed by atoms with Gasteiger partial charge >= 0.3 is 0 Å². The fourth-order valence-corrected chi connectivity index (χ4v) is 2.94. The maximum atomic E-state index is 12.2. The lowest BCUT2D eigenvalue weighted by atomic mass is 9.96. The maximum absolute atomic E-state index is 12.2. The average Bonchev–Trinajstić information content (AvgIpc) is 3.26. The summed E-state index contributed by atoms with van der Waals surface area (Å²) in [6.07, 6.45) is 2.69. The molecule has 23 heavy (non-hydrogen) atoms. The molecule has 0 unspecified atom stereocenters. The van der Waals surface area contributed by atoms with Gasteiger partial charge in [-0.1, -0.05) is 19.0 Å². The Morgan fingerprint density at radius 2 is 2.30 bits per heavy atom. The van der Waals surface area contributed by atoms with Gasteiger partial charge in [0.1, 0.15) is 11.5 Å². The van der Waals surface area contributed by atoms with Gasteiger partial charge in [0.15, 0.2) is 5.60 Å². The summed E-state index contributed by atoms with van der Waals surface area (Å²) in [6.45, 7) is 5.21. The highest BCUT2D eigenvalue weighted by molar-refractivity contribution is 6.39. The fourth-order valence-electron chi connectivity index (χ4n) is 2.94. The van der Waals surface area contributed by atoms with Crippen molar-refractivity contribution in [3.05, 3.63) is 24.2 Å². The molecular weight excluding hydrogens is 298 g/mol. The maximum Gasteiger partial charge on any atom is 0.269 e. The molecule has 1 fully saturated rings. The molecule has 3 rings (SSSR count). The molecule has 2 amide bonds. The normalized spacial score (nSPS) is 23.3. The van der Waals surface area contributed by atoms with Crippen LogP contribution in [0, 0.1) is 5.92 Å². The predicted octanol–water partition coefficient (Wildman–Crippen LogP) is 1.30. The molecule has 0 aromatic carbocycles. The van der Waals surface area contributed by atoms with Crippen LogP contribution in [0.25, 0.3) is 0 Å².